The first kappa shape index (κ1) is 14.2. The molecule has 0 rings (SSSR count). The van der Waals surface area contributed by atoms with Crippen molar-refractivity contribution < 1.29 is 14.6 Å². The van der Waals surface area contributed by atoms with Gasteiger partial charge in [-0.2, -0.15) is 0 Å². The molecule has 0 aromatic carbocycles. The van der Waals surface area contributed by atoms with E-state index >= 15 is 0 Å². The van der Waals surface area contributed by atoms with Crippen LogP contribution >= 0.6 is 0 Å². The molecule has 3 heteroatoms. The Morgan fingerprint density at radius 3 is 2.67 bits per heavy atom. The van der Waals surface area contributed by atoms with Gasteiger partial charge in [-0.25, -0.2) is 4.79 Å². The Kier molecular flexibility index (Phi) is 9.18. The SMILES string of the molecule is CCCCCCOC(=O)/C(C)=C/CCO. The number of hydrogen-bond donors (Lipinski definition) is 1. The van der Waals surface area contributed by atoms with Crippen molar-refractivity contribution in [2.45, 2.75) is 46.0 Å². The topological polar surface area (TPSA) is 46.5 Å². The summed E-state index contributed by atoms with van der Waals surface area (Å²) in [4.78, 5) is 11.3. The van der Waals surface area contributed by atoms with Gasteiger partial charge in [0.05, 0.1) is 6.61 Å². The number of rotatable bonds is 8. The molecule has 0 saturated carbocycles. The number of ether oxygens (including phenoxy) is 1. The molecule has 1 N–H and O–H groups in total. The quantitative estimate of drug-likeness (QED) is 0.383. The highest BCUT2D eigenvalue weighted by Crippen LogP contribution is 2.02. The molecule has 0 aliphatic heterocycles. The van der Waals surface area contributed by atoms with Gasteiger partial charge in [0.25, 0.3) is 0 Å². The molecule has 0 aliphatic carbocycles. The van der Waals surface area contributed by atoms with E-state index in [4.69, 9.17) is 9.84 Å². The molecule has 0 aromatic rings. The summed E-state index contributed by atoms with van der Waals surface area (Å²) in [5.41, 5.74) is 0.583. The minimum atomic E-state index is -0.264. The van der Waals surface area contributed by atoms with Gasteiger partial charge in [-0.3, -0.25) is 0 Å². The Bertz CT molecular complexity index is 197. The summed E-state index contributed by atoms with van der Waals surface area (Å²) in [6.07, 6.45) is 6.64. The van der Waals surface area contributed by atoms with Gasteiger partial charge in [-0.05, 0) is 19.8 Å². The fourth-order valence-electron chi connectivity index (χ4n) is 1.17. The molecule has 0 unspecified atom stereocenters. The lowest BCUT2D eigenvalue weighted by atomic mass is 10.2. The zero-order chi connectivity index (χ0) is 11.5. The van der Waals surface area contributed by atoms with E-state index in [9.17, 15) is 4.79 Å². The van der Waals surface area contributed by atoms with Crippen LogP contribution in [0, 0.1) is 0 Å². The zero-order valence-electron chi connectivity index (χ0n) is 9.79. The van der Waals surface area contributed by atoms with Crippen molar-refractivity contribution in [3.8, 4) is 0 Å². The molecule has 88 valence electrons. The van der Waals surface area contributed by atoms with E-state index < -0.39 is 0 Å². The van der Waals surface area contributed by atoms with Crippen LogP contribution in [0.5, 0.6) is 0 Å². The summed E-state index contributed by atoms with van der Waals surface area (Å²) < 4.78 is 5.06. The van der Waals surface area contributed by atoms with Crippen molar-refractivity contribution in [3.05, 3.63) is 11.6 Å². The van der Waals surface area contributed by atoms with Crippen molar-refractivity contribution in [1.82, 2.24) is 0 Å². The zero-order valence-corrected chi connectivity index (χ0v) is 9.79. The number of carbonyl (C=O) groups is 1. The van der Waals surface area contributed by atoms with E-state index in [1.54, 1.807) is 13.0 Å². The van der Waals surface area contributed by atoms with Crippen LogP contribution in [0.1, 0.15) is 46.0 Å². The predicted molar refractivity (Wildman–Crippen MR) is 60.6 cm³/mol. The lowest BCUT2D eigenvalue weighted by Gasteiger charge is -2.04. The fourth-order valence-corrected chi connectivity index (χ4v) is 1.17. The summed E-state index contributed by atoms with van der Waals surface area (Å²) in [5.74, 6) is -0.264. The average molecular weight is 214 g/mol. The highest BCUT2D eigenvalue weighted by Gasteiger charge is 2.04. The first-order valence-corrected chi connectivity index (χ1v) is 5.67. The number of carbonyl (C=O) groups excluding carboxylic acids is 1. The molecule has 0 aliphatic rings. The van der Waals surface area contributed by atoms with Gasteiger partial charge in [0.2, 0.25) is 0 Å². The number of aliphatic hydroxyl groups is 1. The van der Waals surface area contributed by atoms with Gasteiger partial charge >= 0.3 is 5.97 Å². The Labute approximate surface area is 92.1 Å². The molecule has 0 spiro atoms. The normalized spacial score (nSPS) is 11.5. The van der Waals surface area contributed by atoms with Gasteiger partial charge in [0, 0.05) is 12.2 Å². The summed E-state index contributed by atoms with van der Waals surface area (Å²) in [5, 5.41) is 8.57. The standard InChI is InChI=1S/C12H22O3/c1-3-4-5-6-10-15-12(14)11(2)8-7-9-13/h8,13H,3-7,9-10H2,1-2H3/b11-8+. The van der Waals surface area contributed by atoms with Gasteiger partial charge in [0.15, 0.2) is 0 Å². The second kappa shape index (κ2) is 9.71. The lowest BCUT2D eigenvalue weighted by Crippen LogP contribution is -2.07. The average Bonchev–Trinajstić information content (AvgIpc) is 2.25. The summed E-state index contributed by atoms with van der Waals surface area (Å²) in [6.45, 7) is 4.43. The molecule has 0 bridgehead atoms. The first-order chi connectivity index (χ1) is 7.22. The van der Waals surface area contributed by atoms with E-state index in [0.717, 1.165) is 12.8 Å². The van der Waals surface area contributed by atoms with E-state index in [-0.39, 0.29) is 12.6 Å². The number of esters is 1. The minimum Gasteiger partial charge on any atom is -0.462 e. The largest absolute Gasteiger partial charge is 0.462 e. The summed E-state index contributed by atoms with van der Waals surface area (Å²) in [6, 6.07) is 0. The van der Waals surface area contributed by atoms with Gasteiger partial charge < -0.3 is 9.84 Å². The molecular formula is C12H22O3. The van der Waals surface area contributed by atoms with Crippen LogP contribution in [0.25, 0.3) is 0 Å². The van der Waals surface area contributed by atoms with E-state index in [2.05, 4.69) is 6.92 Å². The van der Waals surface area contributed by atoms with E-state index in [0.29, 0.717) is 18.6 Å². The van der Waals surface area contributed by atoms with Gasteiger partial charge in [-0.15, -0.1) is 0 Å². The van der Waals surface area contributed by atoms with E-state index in [1.165, 1.54) is 12.8 Å². The molecule has 0 radical (unpaired) electrons. The third-order valence-electron chi connectivity index (χ3n) is 2.13. The maximum absolute atomic E-state index is 11.3. The molecule has 0 saturated heterocycles. The van der Waals surface area contributed by atoms with Crippen LogP contribution in [-0.2, 0) is 9.53 Å². The van der Waals surface area contributed by atoms with Crippen molar-refractivity contribution >= 4 is 5.97 Å². The van der Waals surface area contributed by atoms with E-state index in [1.807, 2.05) is 0 Å². The van der Waals surface area contributed by atoms with Crippen molar-refractivity contribution in [2.24, 2.45) is 0 Å². The monoisotopic (exact) mass is 214 g/mol. The molecule has 3 nitrogen and oxygen atoms in total. The first-order valence-electron chi connectivity index (χ1n) is 5.67. The molecule has 0 atom stereocenters. The maximum atomic E-state index is 11.3. The minimum absolute atomic E-state index is 0.0706. The third kappa shape index (κ3) is 8.18. The summed E-state index contributed by atoms with van der Waals surface area (Å²) >= 11 is 0. The van der Waals surface area contributed by atoms with Gasteiger partial charge in [-0.1, -0.05) is 32.3 Å². The fraction of sp³-hybridized carbons (Fsp3) is 0.750. The summed E-state index contributed by atoms with van der Waals surface area (Å²) in [7, 11) is 0. The van der Waals surface area contributed by atoms with Crippen LogP contribution in [0.3, 0.4) is 0 Å². The second-order valence-electron chi connectivity index (χ2n) is 3.60. The van der Waals surface area contributed by atoms with Crippen molar-refractivity contribution in [2.75, 3.05) is 13.2 Å². The number of hydrogen-bond acceptors (Lipinski definition) is 3. The van der Waals surface area contributed by atoms with Crippen LogP contribution < -0.4 is 0 Å². The highest BCUT2D eigenvalue weighted by molar-refractivity contribution is 5.87. The Balaban J connectivity index is 3.55. The molecule has 0 fully saturated rings. The smallest absolute Gasteiger partial charge is 0.333 e. The second-order valence-corrected chi connectivity index (χ2v) is 3.60. The van der Waals surface area contributed by atoms with Crippen molar-refractivity contribution in [1.29, 1.82) is 0 Å². The Hall–Kier alpha value is -0.830. The number of aliphatic hydroxyl groups excluding tert-OH is 1. The Morgan fingerprint density at radius 2 is 2.07 bits per heavy atom. The molecule has 0 amide bonds. The maximum Gasteiger partial charge on any atom is 0.333 e. The number of unbranched alkanes of at least 4 members (excludes halogenated alkanes) is 3. The third-order valence-corrected chi connectivity index (χ3v) is 2.13. The molecule has 0 heterocycles. The van der Waals surface area contributed by atoms with Crippen LogP contribution in [0.4, 0.5) is 0 Å². The molecular weight excluding hydrogens is 192 g/mol. The van der Waals surface area contributed by atoms with Crippen LogP contribution in [0.15, 0.2) is 11.6 Å². The van der Waals surface area contributed by atoms with Crippen LogP contribution in [0.2, 0.25) is 0 Å². The molecule has 0 aromatic heterocycles. The predicted octanol–water partition coefficient (Wildman–Crippen LogP) is 2.44. The Morgan fingerprint density at radius 1 is 1.33 bits per heavy atom. The van der Waals surface area contributed by atoms with Crippen molar-refractivity contribution in [3.63, 3.8) is 0 Å². The molecule has 15 heavy (non-hydrogen) atoms. The van der Waals surface area contributed by atoms with Gasteiger partial charge in [0.1, 0.15) is 0 Å². The lowest BCUT2D eigenvalue weighted by molar-refractivity contribution is -0.139. The van der Waals surface area contributed by atoms with Crippen LogP contribution in [-0.4, -0.2) is 24.3 Å². The highest BCUT2D eigenvalue weighted by atomic mass is 16.5.